The van der Waals surface area contributed by atoms with Crippen molar-refractivity contribution in [2.45, 2.75) is 83.1 Å². The van der Waals surface area contributed by atoms with Crippen LogP contribution in [0.4, 0.5) is 0 Å². The van der Waals surface area contributed by atoms with Gasteiger partial charge in [-0.15, -0.1) is 11.6 Å². The van der Waals surface area contributed by atoms with E-state index in [2.05, 4.69) is 10.6 Å². The summed E-state index contributed by atoms with van der Waals surface area (Å²) in [5.41, 5.74) is 0. The van der Waals surface area contributed by atoms with E-state index in [1.807, 2.05) is 0 Å². The predicted molar refractivity (Wildman–Crippen MR) is 91.1 cm³/mol. The van der Waals surface area contributed by atoms with E-state index in [4.69, 9.17) is 11.6 Å². The number of rotatable bonds is 4. The number of halogens is 1. The van der Waals surface area contributed by atoms with Crippen LogP contribution >= 0.6 is 11.6 Å². The van der Waals surface area contributed by atoms with Crippen molar-refractivity contribution in [1.29, 1.82) is 0 Å². The zero-order valence-electron chi connectivity index (χ0n) is 13.7. The van der Waals surface area contributed by atoms with E-state index in [1.54, 1.807) is 0 Å². The van der Waals surface area contributed by atoms with Crippen molar-refractivity contribution in [1.82, 2.24) is 10.6 Å². The molecule has 1 aliphatic rings. The van der Waals surface area contributed by atoms with E-state index in [0.29, 0.717) is 18.8 Å². The first-order valence-electron chi connectivity index (χ1n) is 8.88. The quantitative estimate of drug-likeness (QED) is 0.470. The number of carbonyl (C=O) groups is 2. The van der Waals surface area contributed by atoms with Gasteiger partial charge in [0, 0.05) is 18.5 Å². The minimum absolute atomic E-state index is 0.144. The van der Waals surface area contributed by atoms with Gasteiger partial charge in [0.15, 0.2) is 0 Å². The van der Waals surface area contributed by atoms with E-state index >= 15 is 0 Å². The molecule has 2 amide bonds. The van der Waals surface area contributed by atoms with Gasteiger partial charge in [0.1, 0.15) is 0 Å². The molecular weight excluding hydrogens is 300 g/mol. The van der Waals surface area contributed by atoms with Crippen LogP contribution in [0.5, 0.6) is 0 Å². The van der Waals surface area contributed by atoms with Gasteiger partial charge in [-0.2, -0.15) is 0 Å². The highest BCUT2D eigenvalue weighted by Gasteiger charge is 2.18. The lowest BCUT2D eigenvalue weighted by Crippen LogP contribution is -2.45. The number of carbonyl (C=O) groups excluding carboxylic acids is 2. The van der Waals surface area contributed by atoms with Crippen LogP contribution < -0.4 is 10.6 Å². The summed E-state index contributed by atoms with van der Waals surface area (Å²) >= 11 is 5.56. The van der Waals surface area contributed by atoms with Crippen molar-refractivity contribution in [3.8, 4) is 0 Å². The molecule has 0 saturated heterocycles. The topological polar surface area (TPSA) is 58.2 Å². The minimum Gasteiger partial charge on any atom is -0.348 e. The van der Waals surface area contributed by atoms with Gasteiger partial charge in [-0.1, -0.05) is 57.8 Å². The summed E-state index contributed by atoms with van der Waals surface area (Å²) in [5.74, 6) is -0.534. The van der Waals surface area contributed by atoms with Crippen LogP contribution in [-0.2, 0) is 9.59 Å². The SMILES string of the molecule is O=C(NCCCCl)C(=O)NC1CCCCCCCCCCC1. The third-order valence-electron chi connectivity index (χ3n) is 4.24. The van der Waals surface area contributed by atoms with Crippen LogP contribution in [0.15, 0.2) is 0 Å². The van der Waals surface area contributed by atoms with Crippen molar-refractivity contribution >= 4 is 23.4 Å². The van der Waals surface area contributed by atoms with Crippen LogP contribution in [-0.4, -0.2) is 30.3 Å². The number of amides is 2. The van der Waals surface area contributed by atoms with Crippen LogP contribution in [0.2, 0.25) is 0 Å². The Balaban J connectivity index is 2.34. The maximum absolute atomic E-state index is 11.9. The molecule has 1 fully saturated rings. The molecule has 2 N–H and O–H groups in total. The van der Waals surface area contributed by atoms with E-state index in [1.165, 1.54) is 44.9 Å². The molecule has 0 spiro atoms. The predicted octanol–water partition coefficient (Wildman–Crippen LogP) is 3.52. The third kappa shape index (κ3) is 9.29. The molecule has 1 rings (SSSR count). The van der Waals surface area contributed by atoms with Crippen molar-refractivity contribution in [3.05, 3.63) is 0 Å². The van der Waals surface area contributed by atoms with Gasteiger partial charge in [-0.05, 0) is 19.3 Å². The molecule has 22 heavy (non-hydrogen) atoms. The standard InChI is InChI=1S/C17H31ClN2O2/c18-13-10-14-19-16(21)17(22)20-15-11-8-6-4-2-1-3-5-7-9-12-15/h15H,1-14H2,(H,19,21)(H,20,22). The number of hydrogen-bond acceptors (Lipinski definition) is 2. The molecule has 0 heterocycles. The Morgan fingerprint density at radius 1 is 0.818 bits per heavy atom. The highest BCUT2D eigenvalue weighted by molar-refractivity contribution is 6.35. The highest BCUT2D eigenvalue weighted by atomic mass is 35.5. The highest BCUT2D eigenvalue weighted by Crippen LogP contribution is 2.16. The van der Waals surface area contributed by atoms with Crippen LogP contribution in [0, 0.1) is 0 Å². The molecular formula is C17H31ClN2O2. The molecule has 4 nitrogen and oxygen atoms in total. The van der Waals surface area contributed by atoms with Gasteiger partial charge < -0.3 is 10.6 Å². The molecule has 1 aliphatic carbocycles. The fraction of sp³-hybridized carbons (Fsp3) is 0.882. The number of alkyl halides is 1. The van der Waals surface area contributed by atoms with Gasteiger partial charge in [0.25, 0.3) is 0 Å². The lowest BCUT2D eigenvalue weighted by Gasteiger charge is -2.19. The molecule has 0 aliphatic heterocycles. The Kier molecular flexibility index (Phi) is 11.2. The van der Waals surface area contributed by atoms with Gasteiger partial charge in [0.2, 0.25) is 0 Å². The molecule has 0 atom stereocenters. The van der Waals surface area contributed by atoms with Crippen molar-refractivity contribution in [3.63, 3.8) is 0 Å². The zero-order chi connectivity index (χ0) is 16.0. The van der Waals surface area contributed by atoms with Gasteiger partial charge in [-0.25, -0.2) is 0 Å². The average Bonchev–Trinajstić information content (AvgIpc) is 2.50. The van der Waals surface area contributed by atoms with Crippen LogP contribution in [0.3, 0.4) is 0 Å². The van der Waals surface area contributed by atoms with Crippen molar-refractivity contribution in [2.75, 3.05) is 12.4 Å². The second-order valence-corrected chi connectivity index (χ2v) is 6.61. The Hall–Kier alpha value is -0.770. The Labute approximate surface area is 139 Å². The Morgan fingerprint density at radius 2 is 1.32 bits per heavy atom. The summed E-state index contributed by atoms with van der Waals surface area (Å²) in [6, 6.07) is 0.144. The summed E-state index contributed by atoms with van der Waals surface area (Å²) in [6.45, 7) is 0.459. The van der Waals surface area contributed by atoms with Gasteiger partial charge in [0.05, 0.1) is 0 Å². The van der Waals surface area contributed by atoms with Crippen molar-refractivity contribution < 1.29 is 9.59 Å². The average molecular weight is 331 g/mol. The normalized spacial score (nSPS) is 18.8. The summed E-state index contributed by atoms with van der Waals surface area (Å²) in [5, 5.41) is 5.52. The number of nitrogens with one attached hydrogen (secondary N) is 2. The molecule has 0 bridgehead atoms. The summed E-state index contributed by atoms with van der Waals surface area (Å²) < 4.78 is 0. The van der Waals surface area contributed by atoms with Gasteiger partial charge >= 0.3 is 11.8 Å². The molecule has 0 radical (unpaired) electrons. The van der Waals surface area contributed by atoms with E-state index in [0.717, 1.165) is 25.7 Å². The summed E-state index contributed by atoms with van der Waals surface area (Å²) in [4.78, 5) is 23.6. The Bertz CT molecular complexity index is 312. The second kappa shape index (κ2) is 12.7. The fourth-order valence-corrected chi connectivity index (χ4v) is 3.04. The number of hydrogen-bond donors (Lipinski definition) is 2. The first-order valence-corrected chi connectivity index (χ1v) is 9.42. The first kappa shape index (κ1) is 19.3. The third-order valence-corrected chi connectivity index (χ3v) is 4.51. The monoisotopic (exact) mass is 330 g/mol. The molecule has 0 aromatic rings. The zero-order valence-corrected chi connectivity index (χ0v) is 14.4. The minimum atomic E-state index is -0.531. The molecule has 5 heteroatoms. The summed E-state index contributed by atoms with van der Waals surface area (Å²) in [7, 11) is 0. The largest absolute Gasteiger partial charge is 0.348 e. The molecule has 1 saturated carbocycles. The second-order valence-electron chi connectivity index (χ2n) is 6.23. The first-order chi connectivity index (χ1) is 10.7. The van der Waals surface area contributed by atoms with E-state index < -0.39 is 11.8 Å². The van der Waals surface area contributed by atoms with E-state index in [-0.39, 0.29) is 6.04 Å². The Morgan fingerprint density at radius 3 is 1.82 bits per heavy atom. The maximum atomic E-state index is 11.9. The van der Waals surface area contributed by atoms with E-state index in [9.17, 15) is 9.59 Å². The molecule has 0 unspecified atom stereocenters. The fourth-order valence-electron chi connectivity index (χ4n) is 2.91. The molecule has 0 aromatic heterocycles. The summed E-state index contributed by atoms with van der Waals surface area (Å²) in [6.07, 6.45) is 14.0. The lowest BCUT2D eigenvalue weighted by molar-refractivity contribution is -0.139. The molecule has 128 valence electrons. The maximum Gasteiger partial charge on any atom is 0.309 e. The van der Waals surface area contributed by atoms with Crippen LogP contribution in [0.25, 0.3) is 0 Å². The van der Waals surface area contributed by atoms with Crippen LogP contribution in [0.1, 0.15) is 77.0 Å². The van der Waals surface area contributed by atoms with Crippen molar-refractivity contribution in [2.24, 2.45) is 0 Å². The lowest BCUT2D eigenvalue weighted by atomic mass is 9.98. The van der Waals surface area contributed by atoms with Gasteiger partial charge in [-0.3, -0.25) is 9.59 Å². The smallest absolute Gasteiger partial charge is 0.309 e. The molecule has 0 aromatic carbocycles.